The van der Waals surface area contributed by atoms with Crippen LogP contribution in [-0.4, -0.2) is 41.9 Å². The molecule has 5 heteroatoms. The standard InChI is InChI=1S/C21H33N3O2/c1-14(2)12-19(23-20(25)18-10-6-5-8-15(18)3)21(26)24-11-7-9-17(13-24)16(4)22/h5-6,8,10,14,16-17,19H,7,9,11-13,22H2,1-4H3,(H,23,25). The highest BCUT2D eigenvalue weighted by atomic mass is 16.2. The van der Waals surface area contributed by atoms with Crippen LogP contribution in [0.1, 0.15) is 56.0 Å². The van der Waals surface area contributed by atoms with Crippen LogP contribution in [-0.2, 0) is 4.79 Å². The van der Waals surface area contributed by atoms with Gasteiger partial charge in [0.25, 0.3) is 5.91 Å². The Labute approximate surface area is 157 Å². The van der Waals surface area contributed by atoms with Gasteiger partial charge in [-0.3, -0.25) is 9.59 Å². The van der Waals surface area contributed by atoms with Crippen LogP contribution in [0, 0.1) is 18.8 Å². The van der Waals surface area contributed by atoms with Crippen molar-refractivity contribution >= 4 is 11.8 Å². The van der Waals surface area contributed by atoms with Gasteiger partial charge in [-0.2, -0.15) is 0 Å². The van der Waals surface area contributed by atoms with Crippen LogP contribution in [0.4, 0.5) is 0 Å². The van der Waals surface area contributed by atoms with Gasteiger partial charge in [0.2, 0.25) is 5.91 Å². The van der Waals surface area contributed by atoms with Crippen molar-refractivity contribution in [3.05, 3.63) is 35.4 Å². The van der Waals surface area contributed by atoms with Crippen molar-refractivity contribution < 1.29 is 9.59 Å². The van der Waals surface area contributed by atoms with Crippen molar-refractivity contribution in [2.75, 3.05) is 13.1 Å². The Morgan fingerprint density at radius 2 is 1.96 bits per heavy atom. The monoisotopic (exact) mass is 359 g/mol. The molecule has 0 bridgehead atoms. The molecule has 1 aliphatic rings. The summed E-state index contributed by atoms with van der Waals surface area (Å²) < 4.78 is 0. The lowest BCUT2D eigenvalue weighted by molar-refractivity contribution is -0.135. The molecule has 3 unspecified atom stereocenters. The van der Waals surface area contributed by atoms with E-state index in [1.54, 1.807) is 6.07 Å². The van der Waals surface area contributed by atoms with Crippen LogP contribution in [0.3, 0.4) is 0 Å². The van der Waals surface area contributed by atoms with Gasteiger partial charge in [-0.05, 0) is 56.6 Å². The number of aryl methyl sites for hydroxylation is 1. The number of carbonyl (C=O) groups is 2. The van der Waals surface area contributed by atoms with Crippen LogP contribution >= 0.6 is 0 Å². The number of rotatable bonds is 6. The molecule has 0 aromatic heterocycles. The van der Waals surface area contributed by atoms with Gasteiger partial charge in [0.05, 0.1) is 0 Å². The molecular formula is C21H33N3O2. The Morgan fingerprint density at radius 3 is 2.58 bits per heavy atom. The first-order chi connectivity index (χ1) is 12.3. The Balaban J connectivity index is 2.12. The Bertz CT molecular complexity index is 627. The molecule has 0 radical (unpaired) electrons. The quantitative estimate of drug-likeness (QED) is 0.820. The average Bonchev–Trinajstić information content (AvgIpc) is 2.60. The fourth-order valence-electron chi connectivity index (χ4n) is 3.62. The molecule has 2 amide bonds. The number of nitrogens with two attached hydrogens (primary N) is 1. The minimum absolute atomic E-state index is 0.0194. The number of likely N-dealkylation sites (tertiary alicyclic amines) is 1. The van der Waals surface area contributed by atoms with Crippen molar-refractivity contribution in [1.29, 1.82) is 0 Å². The lowest BCUT2D eigenvalue weighted by Gasteiger charge is -2.37. The number of hydrogen-bond donors (Lipinski definition) is 2. The van der Waals surface area contributed by atoms with Crippen molar-refractivity contribution in [2.45, 2.75) is 59.0 Å². The van der Waals surface area contributed by atoms with Gasteiger partial charge < -0.3 is 16.0 Å². The molecule has 3 atom stereocenters. The van der Waals surface area contributed by atoms with E-state index >= 15 is 0 Å². The van der Waals surface area contributed by atoms with E-state index in [1.807, 2.05) is 36.9 Å². The van der Waals surface area contributed by atoms with Crippen LogP contribution in [0.15, 0.2) is 24.3 Å². The first kappa shape index (κ1) is 20.4. The first-order valence-corrected chi connectivity index (χ1v) is 9.70. The Morgan fingerprint density at radius 1 is 1.27 bits per heavy atom. The molecule has 1 aromatic carbocycles. The van der Waals surface area contributed by atoms with Crippen molar-refractivity contribution in [3.63, 3.8) is 0 Å². The summed E-state index contributed by atoms with van der Waals surface area (Å²) in [4.78, 5) is 27.7. The number of carbonyl (C=O) groups excluding carboxylic acids is 2. The average molecular weight is 360 g/mol. The second kappa shape index (κ2) is 9.17. The fraction of sp³-hybridized carbons (Fsp3) is 0.619. The van der Waals surface area contributed by atoms with E-state index in [-0.39, 0.29) is 17.9 Å². The second-order valence-corrected chi connectivity index (χ2v) is 8.02. The molecule has 1 aromatic rings. The van der Waals surface area contributed by atoms with Gasteiger partial charge in [0.15, 0.2) is 0 Å². The third-order valence-corrected chi connectivity index (χ3v) is 5.21. The molecule has 1 fully saturated rings. The van der Waals surface area contributed by atoms with Crippen molar-refractivity contribution in [1.82, 2.24) is 10.2 Å². The maximum absolute atomic E-state index is 13.1. The number of nitrogens with zero attached hydrogens (tertiary/aromatic N) is 1. The van der Waals surface area contributed by atoms with E-state index in [0.29, 0.717) is 30.4 Å². The zero-order valence-corrected chi connectivity index (χ0v) is 16.5. The molecule has 0 aliphatic carbocycles. The number of piperidine rings is 1. The summed E-state index contributed by atoms with van der Waals surface area (Å²) in [5, 5.41) is 2.99. The molecule has 3 N–H and O–H groups in total. The lowest BCUT2D eigenvalue weighted by Crippen LogP contribution is -2.53. The number of amides is 2. The van der Waals surface area contributed by atoms with Crippen molar-refractivity contribution in [3.8, 4) is 0 Å². The highest BCUT2D eigenvalue weighted by Gasteiger charge is 2.31. The molecule has 1 heterocycles. The summed E-state index contributed by atoms with van der Waals surface area (Å²) in [5.74, 6) is 0.489. The van der Waals surface area contributed by atoms with Gasteiger partial charge in [0, 0.05) is 24.7 Å². The smallest absolute Gasteiger partial charge is 0.252 e. The summed E-state index contributed by atoms with van der Waals surface area (Å²) >= 11 is 0. The lowest BCUT2D eigenvalue weighted by atomic mass is 9.91. The summed E-state index contributed by atoms with van der Waals surface area (Å²) in [6.45, 7) is 9.49. The van der Waals surface area contributed by atoms with Gasteiger partial charge >= 0.3 is 0 Å². The molecule has 0 saturated carbocycles. The molecular weight excluding hydrogens is 326 g/mol. The van der Waals surface area contributed by atoms with Crippen LogP contribution in [0.25, 0.3) is 0 Å². The van der Waals surface area contributed by atoms with Crippen LogP contribution in [0.2, 0.25) is 0 Å². The van der Waals surface area contributed by atoms with Crippen molar-refractivity contribution in [2.24, 2.45) is 17.6 Å². The zero-order valence-electron chi connectivity index (χ0n) is 16.5. The van der Waals surface area contributed by atoms with Gasteiger partial charge in [-0.25, -0.2) is 0 Å². The fourth-order valence-corrected chi connectivity index (χ4v) is 3.62. The van der Waals surface area contributed by atoms with Gasteiger partial charge in [-0.15, -0.1) is 0 Å². The second-order valence-electron chi connectivity index (χ2n) is 8.02. The van der Waals surface area contributed by atoms with Crippen LogP contribution in [0.5, 0.6) is 0 Å². The van der Waals surface area contributed by atoms with E-state index in [2.05, 4.69) is 19.2 Å². The number of benzene rings is 1. The van der Waals surface area contributed by atoms with E-state index in [4.69, 9.17) is 5.73 Å². The zero-order chi connectivity index (χ0) is 19.3. The van der Waals surface area contributed by atoms with Gasteiger partial charge in [-0.1, -0.05) is 32.0 Å². The van der Waals surface area contributed by atoms with E-state index in [9.17, 15) is 9.59 Å². The molecule has 1 saturated heterocycles. The molecule has 2 rings (SSSR count). The van der Waals surface area contributed by atoms with E-state index in [1.165, 1.54) is 0 Å². The molecule has 5 nitrogen and oxygen atoms in total. The first-order valence-electron chi connectivity index (χ1n) is 9.70. The topological polar surface area (TPSA) is 75.4 Å². The summed E-state index contributed by atoms with van der Waals surface area (Å²) in [6.07, 6.45) is 2.67. The van der Waals surface area contributed by atoms with Gasteiger partial charge in [0.1, 0.15) is 6.04 Å². The molecule has 144 valence electrons. The Hall–Kier alpha value is -1.88. The summed E-state index contributed by atoms with van der Waals surface area (Å²) in [7, 11) is 0. The van der Waals surface area contributed by atoms with E-state index in [0.717, 1.165) is 24.9 Å². The molecule has 1 aliphatic heterocycles. The largest absolute Gasteiger partial charge is 0.341 e. The summed E-state index contributed by atoms with van der Waals surface area (Å²) in [5.41, 5.74) is 7.59. The van der Waals surface area contributed by atoms with Crippen LogP contribution < -0.4 is 11.1 Å². The predicted molar refractivity (Wildman–Crippen MR) is 105 cm³/mol. The molecule has 0 spiro atoms. The SMILES string of the molecule is Cc1ccccc1C(=O)NC(CC(C)C)C(=O)N1CCCC(C(C)N)C1. The number of hydrogen-bond acceptors (Lipinski definition) is 3. The number of nitrogens with one attached hydrogen (secondary N) is 1. The maximum atomic E-state index is 13.1. The third-order valence-electron chi connectivity index (χ3n) is 5.21. The normalized spacial score (nSPS) is 19.9. The maximum Gasteiger partial charge on any atom is 0.252 e. The Kier molecular flexibility index (Phi) is 7.21. The predicted octanol–water partition coefficient (Wildman–Crippen LogP) is 2.73. The molecule has 26 heavy (non-hydrogen) atoms. The highest BCUT2D eigenvalue weighted by Crippen LogP contribution is 2.21. The van der Waals surface area contributed by atoms with E-state index < -0.39 is 6.04 Å². The summed E-state index contributed by atoms with van der Waals surface area (Å²) in [6, 6.07) is 7.05. The minimum Gasteiger partial charge on any atom is -0.341 e. The highest BCUT2D eigenvalue weighted by molar-refractivity contribution is 5.98. The minimum atomic E-state index is -0.492. The third kappa shape index (κ3) is 5.31.